The second-order valence-corrected chi connectivity index (χ2v) is 7.90. The Morgan fingerprint density at radius 2 is 2.08 bits per heavy atom. The van der Waals surface area contributed by atoms with Gasteiger partial charge in [0, 0.05) is 21.1 Å². The van der Waals surface area contributed by atoms with E-state index in [9.17, 15) is 4.79 Å². The molecule has 2 unspecified atom stereocenters. The minimum Gasteiger partial charge on any atom is -0.405 e. The molecule has 1 aromatic heterocycles. The van der Waals surface area contributed by atoms with Gasteiger partial charge in [-0.3, -0.25) is 4.79 Å². The van der Waals surface area contributed by atoms with Crippen LogP contribution in [0.25, 0.3) is 10.9 Å². The summed E-state index contributed by atoms with van der Waals surface area (Å²) >= 11 is 3.44. The number of H-pyrrole nitrogens is 1. The lowest BCUT2D eigenvalue weighted by molar-refractivity contribution is 0.0963. The summed E-state index contributed by atoms with van der Waals surface area (Å²) in [5.41, 5.74) is 8.00. The summed E-state index contributed by atoms with van der Waals surface area (Å²) in [6.07, 6.45) is 5.29. The van der Waals surface area contributed by atoms with Gasteiger partial charge in [-0.05, 0) is 47.7 Å². The second-order valence-electron chi connectivity index (χ2n) is 6.99. The fraction of sp³-hybridized carbons (Fsp3) is 0.316. The molecule has 0 aliphatic heterocycles. The molecule has 1 aromatic carbocycles. The predicted molar refractivity (Wildman–Crippen MR) is 101 cm³/mol. The number of fused-ring (bicyclic) bond motifs is 1. The molecule has 5 heteroatoms. The van der Waals surface area contributed by atoms with Gasteiger partial charge in [0.15, 0.2) is 0 Å². The topological polar surface area (TPSA) is 70.9 Å². The van der Waals surface area contributed by atoms with Gasteiger partial charge in [-0.2, -0.15) is 0 Å². The van der Waals surface area contributed by atoms with Crippen LogP contribution in [0.1, 0.15) is 31.3 Å². The summed E-state index contributed by atoms with van der Waals surface area (Å²) in [5, 5.41) is 3.95. The summed E-state index contributed by atoms with van der Waals surface area (Å²) in [7, 11) is 0. The van der Waals surface area contributed by atoms with Crippen LogP contribution in [0.3, 0.4) is 0 Å². The zero-order chi connectivity index (χ0) is 17.5. The lowest BCUT2D eigenvalue weighted by atomic mass is 10.1. The lowest BCUT2D eigenvalue weighted by Gasteiger charge is -2.06. The number of hydrogen-bond donors (Lipinski definition) is 3. The number of nitrogens with two attached hydrogens (primary N) is 1. The smallest absolute Gasteiger partial charge is 0.272 e. The average Bonchev–Trinajstić information content (AvgIpc) is 2.89. The maximum absolute atomic E-state index is 12.6. The molecular formula is C19H22BrN3O. The number of aromatic amines is 1. The molecule has 24 heavy (non-hydrogen) atoms. The Bertz CT molecular complexity index is 847. The van der Waals surface area contributed by atoms with Crippen LogP contribution in [0.2, 0.25) is 0 Å². The summed E-state index contributed by atoms with van der Waals surface area (Å²) in [6.45, 7) is 6.70. The van der Waals surface area contributed by atoms with Gasteiger partial charge in [-0.15, -0.1) is 0 Å². The number of benzene rings is 1. The minimum atomic E-state index is -0.169. The molecule has 0 radical (unpaired) electrons. The SMILES string of the molecule is CC1C(/C=C(\C=C/N)NC(=O)c2cc3ccc(Br)cc3[nH]2)C1(C)C. The molecular weight excluding hydrogens is 366 g/mol. The van der Waals surface area contributed by atoms with Gasteiger partial charge in [0.25, 0.3) is 5.91 Å². The van der Waals surface area contributed by atoms with Crippen LogP contribution in [0.4, 0.5) is 0 Å². The highest BCUT2D eigenvalue weighted by atomic mass is 79.9. The Labute approximate surface area is 150 Å². The fourth-order valence-corrected chi connectivity index (χ4v) is 3.52. The number of allylic oxidation sites excluding steroid dienone is 2. The first-order valence-electron chi connectivity index (χ1n) is 8.02. The first-order valence-corrected chi connectivity index (χ1v) is 8.82. The van der Waals surface area contributed by atoms with Crippen LogP contribution >= 0.6 is 15.9 Å². The number of aromatic nitrogens is 1. The fourth-order valence-electron chi connectivity index (χ4n) is 3.16. The van der Waals surface area contributed by atoms with Crippen molar-refractivity contribution in [1.82, 2.24) is 10.3 Å². The van der Waals surface area contributed by atoms with E-state index in [0.717, 1.165) is 21.1 Å². The maximum atomic E-state index is 12.6. The van der Waals surface area contributed by atoms with Gasteiger partial charge in [0.05, 0.1) is 0 Å². The number of amides is 1. The zero-order valence-corrected chi connectivity index (χ0v) is 15.6. The molecule has 1 aliphatic carbocycles. The van der Waals surface area contributed by atoms with Crippen LogP contribution in [0, 0.1) is 17.3 Å². The highest BCUT2D eigenvalue weighted by Gasteiger charge is 2.53. The van der Waals surface area contributed by atoms with E-state index in [4.69, 9.17) is 5.73 Å². The van der Waals surface area contributed by atoms with E-state index >= 15 is 0 Å². The summed E-state index contributed by atoms with van der Waals surface area (Å²) in [4.78, 5) is 15.7. The van der Waals surface area contributed by atoms with Crippen molar-refractivity contribution in [1.29, 1.82) is 0 Å². The number of nitrogens with one attached hydrogen (secondary N) is 2. The molecule has 1 amide bonds. The van der Waals surface area contributed by atoms with Crippen LogP contribution in [0.5, 0.6) is 0 Å². The monoisotopic (exact) mass is 387 g/mol. The average molecular weight is 388 g/mol. The van der Waals surface area contributed by atoms with Crippen molar-refractivity contribution < 1.29 is 4.79 Å². The molecule has 126 valence electrons. The molecule has 3 rings (SSSR count). The number of carbonyl (C=O) groups is 1. The van der Waals surface area contributed by atoms with E-state index < -0.39 is 0 Å². The van der Waals surface area contributed by atoms with Crippen molar-refractivity contribution in [2.45, 2.75) is 20.8 Å². The Balaban J connectivity index is 1.81. The molecule has 1 saturated carbocycles. The standard InChI is InChI=1S/C19H22BrN3O/c1-11-15(19(11,2)3)10-14(6-7-21)22-18(24)17-8-12-4-5-13(20)9-16(12)23-17/h4-11,15,23H,21H2,1-3H3,(H,22,24)/b7-6-,14-10+. The van der Waals surface area contributed by atoms with E-state index in [0.29, 0.717) is 17.5 Å². The Kier molecular flexibility index (Phi) is 4.30. The van der Waals surface area contributed by atoms with Gasteiger partial charge < -0.3 is 16.0 Å². The van der Waals surface area contributed by atoms with Crippen LogP contribution < -0.4 is 11.1 Å². The van der Waals surface area contributed by atoms with Crippen LogP contribution in [-0.2, 0) is 0 Å². The maximum Gasteiger partial charge on any atom is 0.272 e. The molecule has 0 saturated heterocycles. The van der Waals surface area contributed by atoms with Crippen molar-refractivity contribution in [3.05, 3.63) is 58.5 Å². The first kappa shape index (κ1) is 16.8. The van der Waals surface area contributed by atoms with E-state index in [-0.39, 0.29) is 11.3 Å². The zero-order valence-electron chi connectivity index (χ0n) is 14.1. The largest absolute Gasteiger partial charge is 0.405 e. The number of halogens is 1. The van der Waals surface area contributed by atoms with E-state index in [1.54, 1.807) is 6.08 Å². The quantitative estimate of drug-likeness (QED) is 0.683. The highest BCUT2D eigenvalue weighted by molar-refractivity contribution is 9.10. The third-order valence-corrected chi connectivity index (χ3v) is 5.68. The first-order chi connectivity index (χ1) is 11.3. The lowest BCUT2D eigenvalue weighted by Crippen LogP contribution is -2.22. The minimum absolute atomic E-state index is 0.169. The number of carbonyl (C=O) groups excluding carboxylic acids is 1. The highest BCUT2D eigenvalue weighted by Crippen LogP contribution is 2.58. The molecule has 4 nitrogen and oxygen atoms in total. The molecule has 0 bridgehead atoms. The number of rotatable bonds is 4. The molecule has 2 atom stereocenters. The van der Waals surface area contributed by atoms with E-state index in [2.05, 4.69) is 53.1 Å². The van der Waals surface area contributed by atoms with Gasteiger partial charge in [-0.1, -0.05) is 48.8 Å². The van der Waals surface area contributed by atoms with Gasteiger partial charge in [0.1, 0.15) is 5.69 Å². The summed E-state index contributed by atoms with van der Waals surface area (Å²) in [5.74, 6) is 0.876. The molecule has 1 fully saturated rings. The summed E-state index contributed by atoms with van der Waals surface area (Å²) in [6, 6.07) is 7.73. The second kappa shape index (κ2) is 6.13. The molecule has 1 heterocycles. The molecule has 1 aliphatic rings. The van der Waals surface area contributed by atoms with Gasteiger partial charge in [0.2, 0.25) is 0 Å². The summed E-state index contributed by atoms with van der Waals surface area (Å²) < 4.78 is 0.973. The molecule has 2 aromatic rings. The molecule has 0 spiro atoms. The van der Waals surface area contributed by atoms with E-state index in [1.165, 1.54) is 6.20 Å². The third-order valence-electron chi connectivity index (χ3n) is 5.18. The normalized spacial score (nSPS) is 22.9. The third kappa shape index (κ3) is 3.13. The van der Waals surface area contributed by atoms with Gasteiger partial charge in [-0.25, -0.2) is 0 Å². The van der Waals surface area contributed by atoms with Crippen LogP contribution in [0.15, 0.2) is 52.8 Å². The Morgan fingerprint density at radius 1 is 1.38 bits per heavy atom. The van der Waals surface area contributed by atoms with Crippen LogP contribution in [-0.4, -0.2) is 10.9 Å². The van der Waals surface area contributed by atoms with Crippen molar-refractivity contribution in [3.63, 3.8) is 0 Å². The Morgan fingerprint density at radius 3 is 2.71 bits per heavy atom. The van der Waals surface area contributed by atoms with E-state index in [1.807, 2.05) is 24.3 Å². The van der Waals surface area contributed by atoms with Gasteiger partial charge >= 0.3 is 0 Å². The molecule has 4 N–H and O–H groups in total. The predicted octanol–water partition coefficient (Wildman–Crippen LogP) is 4.31. The van der Waals surface area contributed by atoms with Crippen molar-refractivity contribution in [2.75, 3.05) is 0 Å². The Hall–Kier alpha value is -2.01. The van der Waals surface area contributed by atoms with Crippen molar-refractivity contribution in [2.24, 2.45) is 23.0 Å². The van der Waals surface area contributed by atoms with Crippen molar-refractivity contribution >= 4 is 32.7 Å². The number of hydrogen-bond acceptors (Lipinski definition) is 2. The van der Waals surface area contributed by atoms with Crippen molar-refractivity contribution in [3.8, 4) is 0 Å².